The topological polar surface area (TPSA) is 107 Å². The molecule has 4 rings (SSSR count). The summed E-state index contributed by atoms with van der Waals surface area (Å²) in [5.41, 5.74) is 4.28. The highest BCUT2D eigenvalue weighted by Gasteiger charge is 2.26. The van der Waals surface area contributed by atoms with Crippen molar-refractivity contribution in [2.75, 3.05) is 31.6 Å². The summed E-state index contributed by atoms with van der Waals surface area (Å²) in [5.74, 6) is 1.22. The zero-order chi connectivity index (χ0) is 21.8. The Labute approximate surface area is 186 Å². The average Bonchev–Trinajstić information content (AvgIpc) is 3.27. The molecule has 1 fully saturated rings. The number of nitrogens with zero attached hydrogens (tertiary/aromatic N) is 5. The van der Waals surface area contributed by atoms with Crippen LogP contribution in [0.15, 0.2) is 12.1 Å². The zero-order valence-corrected chi connectivity index (χ0v) is 18.1. The molecule has 0 aliphatic carbocycles. The number of hydrogen-bond acceptors (Lipinski definition) is 8. The molecule has 160 valence electrons. The highest BCUT2D eigenvalue weighted by Crippen LogP contribution is 2.32. The van der Waals surface area contributed by atoms with E-state index in [0.29, 0.717) is 37.0 Å². The van der Waals surface area contributed by atoms with Gasteiger partial charge in [-0.15, -0.1) is 0 Å². The number of fused-ring (bicyclic) bond motifs is 1. The van der Waals surface area contributed by atoms with Crippen LogP contribution in [-0.4, -0.2) is 47.3 Å². The van der Waals surface area contributed by atoms with Crippen molar-refractivity contribution in [1.29, 1.82) is 10.5 Å². The van der Waals surface area contributed by atoms with Crippen LogP contribution in [0.25, 0.3) is 0 Å². The highest BCUT2D eigenvalue weighted by atomic mass is 35.5. The van der Waals surface area contributed by atoms with Gasteiger partial charge in [0.05, 0.1) is 24.8 Å². The van der Waals surface area contributed by atoms with Crippen LogP contribution in [0.2, 0.25) is 5.15 Å². The number of aryl methyl sites for hydroxylation is 1. The molecule has 2 aliphatic rings. The molecule has 1 saturated heterocycles. The molecule has 9 heteroatoms. The molecule has 0 amide bonds. The van der Waals surface area contributed by atoms with Crippen LogP contribution in [0.4, 0.5) is 5.82 Å². The van der Waals surface area contributed by atoms with Gasteiger partial charge in [0.25, 0.3) is 0 Å². The third-order valence-corrected chi connectivity index (χ3v) is 5.89. The predicted octanol–water partition coefficient (Wildman–Crippen LogP) is 2.97. The summed E-state index contributed by atoms with van der Waals surface area (Å²) < 4.78 is 11.3. The van der Waals surface area contributed by atoms with E-state index in [0.717, 1.165) is 48.4 Å². The van der Waals surface area contributed by atoms with Gasteiger partial charge in [-0.2, -0.15) is 10.5 Å². The van der Waals surface area contributed by atoms with E-state index < -0.39 is 0 Å². The lowest BCUT2D eigenvalue weighted by molar-refractivity contribution is 0.138. The van der Waals surface area contributed by atoms with Gasteiger partial charge in [-0.25, -0.2) is 9.97 Å². The summed E-state index contributed by atoms with van der Waals surface area (Å²) in [6.45, 7) is 5.55. The maximum absolute atomic E-state index is 9.61. The first kappa shape index (κ1) is 21.3. The van der Waals surface area contributed by atoms with Crippen molar-refractivity contribution in [3.05, 3.63) is 45.2 Å². The normalized spacial score (nSPS) is 18.1. The predicted molar refractivity (Wildman–Crippen MR) is 115 cm³/mol. The fourth-order valence-corrected chi connectivity index (χ4v) is 4.23. The van der Waals surface area contributed by atoms with E-state index in [1.165, 1.54) is 0 Å². The van der Waals surface area contributed by atoms with Gasteiger partial charge in [0.1, 0.15) is 29.7 Å². The van der Waals surface area contributed by atoms with Gasteiger partial charge in [0.2, 0.25) is 5.88 Å². The molecule has 2 aliphatic heterocycles. The second kappa shape index (κ2) is 9.49. The molecular weight excluding hydrogens is 416 g/mol. The molecular formula is C22H23ClN6O2. The number of hydrogen-bond donors (Lipinski definition) is 1. The van der Waals surface area contributed by atoms with E-state index in [1.807, 2.05) is 19.1 Å². The van der Waals surface area contributed by atoms with Crippen LogP contribution >= 0.6 is 11.6 Å². The molecule has 0 bridgehead atoms. The Morgan fingerprint density at radius 2 is 2.19 bits per heavy atom. The standard InChI is InChI=1S/C22H23ClN6O2/c1-14-15(2-3-20(27-14)31-16-5-9-30-13-16)11-29-8-4-17-19(12-29)18(10-25)21(23)28-22(17)26-7-6-24/h2-3,16H,4-5,7-9,11-13H2,1H3,(H,26,28)/t16-/m1/s1. The highest BCUT2D eigenvalue weighted by molar-refractivity contribution is 6.30. The van der Waals surface area contributed by atoms with Crippen molar-refractivity contribution in [1.82, 2.24) is 14.9 Å². The molecule has 8 nitrogen and oxygen atoms in total. The SMILES string of the molecule is Cc1nc(O[C@@H]2CCOC2)ccc1CN1CCc2c(NCC#N)nc(Cl)c(C#N)c2C1. The van der Waals surface area contributed by atoms with Crippen molar-refractivity contribution in [2.24, 2.45) is 0 Å². The molecule has 31 heavy (non-hydrogen) atoms. The molecule has 0 radical (unpaired) electrons. The fraction of sp³-hybridized carbons (Fsp3) is 0.455. The fourth-order valence-electron chi connectivity index (χ4n) is 3.99. The van der Waals surface area contributed by atoms with Gasteiger partial charge in [0.15, 0.2) is 0 Å². The molecule has 0 unspecified atom stereocenters. The molecule has 0 aromatic carbocycles. The quantitative estimate of drug-likeness (QED) is 0.541. The number of ether oxygens (including phenoxy) is 2. The summed E-state index contributed by atoms with van der Waals surface area (Å²) in [4.78, 5) is 11.2. The number of nitrogens with one attached hydrogen (secondary N) is 1. The molecule has 1 atom stereocenters. The summed E-state index contributed by atoms with van der Waals surface area (Å²) >= 11 is 6.26. The third-order valence-electron chi connectivity index (χ3n) is 5.61. The van der Waals surface area contributed by atoms with Crippen LogP contribution in [0.3, 0.4) is 0 Å². The first-order valence-electron chi connectivity index (χ1n) is 10.2. The van der Waals surface area contributed by atoms with E-state index in [1.54, 1.807) is 0 Å². The van der Waals surface area contributed by atoms with E-state index in [2.05, 4.69) is 32.3 Å². The van der Waals surface area contributed by atoms with Crippen LogP contribution < -0.4 is 10.1 Å². The largest absolute Gasteiger partial charge is 0.472 e. The molecule has 4 heterocycles. The van der Waals surface area contributed by atoms with Crippen LogP contribution in [0.1, 0.15) is 34.4 Å². The maximum Gasteiger partial charge on any atom is 0.213 e. The van der Waals surface area contributed by atoms with E-state index in [4.69, 9.17) is 26.3 Å². The lowest BCUT2D eigenvalue weighted by Crippen LogP contribution is -2.32. The number of pyridine rings is 2. The summed E-state index contributed by atoms with van der Waals surface area (Å²) in [5, 5.41) is 21.7. The van der Waals surface area contributed by atoms with Crippen molar-refractivity contribution in [3.8, 4) is 18.0 Å². The second-order valence-electron chi connectivity index (χ2n) is 7.66. The van der Waals surface area contributed by atoms with Gasteiger partial charge < -0.3 is 14.8 Å². The Balaban J connectivity index is 1.50. The summed E-state index contributed by atoms with van der Waals surface area (Å²) in [7, 11) is 0. The van der Waals surface area contributed by atoms with Crippen molar-refractivity contribution in [2.45, 2.75) is 39.0 Å². The Hall–Kier alpha value is -2.91. The van der Waals surface area contributed by atoms with Gasteiger partial charge >= 0.3 is 0 Å². The molecule has 0 spiro atoms. The van der Waals surface area contributed by atoms with E-state index in [-0.39, 0.29) is 17.8 Å². The first-order valence-corrected chi connectivity index (χ1v) is 10.6. The number of anilines is 1. The lowest BCUT2D eigenvalue weighted by atomic mass is 9.96. The van der Waals surface area contributed by atoms with Crippen LogP contribution in [0.5, 0.6) is 5.88 Å². The van der Waals surface area contributed by atoms with Crippen molar-refractivity contribution in [3.63, 3.8) is 0 Å². The smallest absolute Gasteiger partial charge is 0.213 e. The van der Waals surface area contributed by atoms with Crippen LogP contribution in [-0.2, 0) is 24.2 Å². The minimum absolute atomic E-state index is 0.0722. The second-order valence-corrected chi connectivity index (χ2v) is 8.02. The molecule has 2 aromatic heterocycles. The molecule has 2 aromatic rings. The Kier molecular flexibility index (Phi) is 6.53. The Morgan fingerprint density at radius 1 is 1.32 bits per heavy atom. The number of nitriles is 2. The lowest BCUT2D eigenvalue weighted by Gasteiger charge is -2.31. The molecule has 1 N–H and O–H groups in total. The minimum Gasteiger partial charge on any atom is -0.472 e. The van der Waals surface area contributed by atoms with Gasteiger partial charge in [0, 0.05) is 43.4 Å². The number of aromatic nitrogens is 2. The van der Waals surface area contributed by atoms with Crippen molar-refractivity contribution < 1.29 is 9.47 Å². The maximum atomic E-state index is 9.61. The first-order chi connectivity index (χ1) is 15.1. The zero-order valence-electron chi connectivity index (χ0n) is 17.3. The van der Waals surface area contributed by atoms with Gasteiger partial charge in [-0.1, -0.05) is 17.7 Å². The summed E-state index contributed by atoms with van der Waals surface area (Å²) in [6, 6.07) is 8.20. The Morgan fingerprint density at radius 3 is 2.90 bits per heavy atom. The minimum atomic E-state index is 0.0722. The monoisotopic (exact) mass is 438 g/mol. The van der Waals surface area contributed by atoms with E-state index >= 15 is 0 Å². The molecule has 0 saturated carbocycles. The number of halogens is 1. The average molecular weight is 439 g/mol. The summed E-state index contributed by atoms with van der Waals surface area (Å²) in [6.07, 6.45) is 1.68. The van der Waals surface area contributed by atoms with E-state index in [9.17, 15) is 5.26 Å². The third kappa shape index (κ3) is 4.72. The van der Waals surface area contributed by atoms with Crippen molar-refractivity contribution >= 4 is 17.4 Å². The van der Waals surface area contributed by atoms with Crippen LogP contribution in [0, 0.1) is 29.6 Å². The number of rotatable bonds is 6. The van der Waals surface area contributed by atoms with Gasteiger partial charge in [-0.3, -0.25) is 4.90 Å². The van der Waals surface area contributed by atoms with Gasteiger partial charge in [-0.05, 0) is 24.5 Å². The Bertz CT molecular complexity index is 1060.